The van der Waals surface area contributed by atoms with Gasteiger partial charge in [-0.05, 0) is 50.1 Å². The summed E-state index contributed by atoms with van der Waals surface area (Å²) in [5.74, 6) is 0.485. The lowest BCUT2D eigenvalue weighted by molar-refractivity contribution is -0.137. The van der Waals surface area contributed by atoms with E-state index in [1.807, 2.05) is 30.8 Å². The van der Waals surface area contributed by atoms with Crippen molar-refractivity contribution in [3.63, 3.8) is 0 Å². The summed E-state index contributed by atoms with van der Waals surface area (Å²) in [5, 5.41) is 0.617. The molecule has 0 fully saturated rings. The van der Waals surface area contributed by atoms with Crippen molar-refractivity contribution in [3.05, 3.63) is 35.9 Å². The summed E-state index contributed by atoms with van der Waals surface area (Å²) in [4.78, 5) is 12.5. The molecule has 0 saturated carbocycles. The third kappa shape index (κ3) is 7.23. The molecule has 0 saturated heterocycles. The van der Waals surface area contributed by atoms with Crippen molar-refractivity contribution < 1.29 is 14.3 Å². The van der Waals surface area contributed by atoms with Gasteiger partial charge in [0, 0.05) is 16.2 Å². The minimum absolute atomic E-state index is 0.320. The largest absolute Gasteiger partial charge is 0.489 e. The second-order valence-corrected chi connectivity index (χ2v) is 6.35. The van der Waals surface area contributed by atoms with Crippen LogP contribution in [-0.2, 0) is 9.53 Å². The van der Waals surface area contributed by atoms with Crippen molar-refractivity contribution in [3.8, 4) is 5.75 Å². The number of carbonyl (C=O) groups is 1. The van der Waals surface area contributed by atoms with E-state index in [-0.39, 0.29) is 5.97 Å². The predicted octanol–water partition coefficient (Wildman–Crippen LogP) is 4.47. The smallest absolute Gasteiger partial charge is 0.330 e. The van der Waals surface area contributed by atoms with Gasteiger partial charge < -0.3 is 9.47 Å². The first kappa shape index (κ1) is 17.6. The lowest BCUT2D eigenvalue weighted by atomic mass is 10.3. The number of hydrogen-bond acceptors (Lipinski definition) is 4. The molecule has 4 heteroatoms. The number of rotatable bonds is 8. The van der Waals surface area contributed by atoms with Crippen LogP contribution in [0.3, 0.4) is 0 Å². The van der Waals surface area contributed by atoms with Gasteiger partial charge in [0.1, 0.15) is 12.4 Å². The molecule has 0 aliphatic rings. The second kappa shape index (κ2) is 9.50. The van der Waals surface area contributed by atoms with Gasteiger partial charge in [-0.15, -0.1) is 11.8 Å². The Hall–Kier alpha value is -1.42. The highest BCUT2D eigenvalue weighted by atomic mass is 32.2. The van der Waals surface area contributed by atoms with Crippen molar-refractivity contribution in [2.24, 2.45) is 0 Å². The molecular weight excluding hydrogens is 284 g/mol. The van der Waals surface area contributed by atoms with Crippen molar-refractivity contribution in [2.75, 3.05) is 13.2 Å². The highest BCUT2D eigenvalue weighted by molar-refractivity contribution is 7.99. The highest BCUT2D eigenvalue weighted by Crippen LogP contribution is 2.26. The molecule has 1 aromatic carbocycles. The van der Waals surface area contributed by atoms with E-state index < -0.39 is 0 Å². The number of carbonyl (C=O) groups excluding carboxylic acids is 1. The molecule has 1 unspecified atom stereocenters. The van der Waals surface area contributed by atoms with E-state index in [1.54, 1.807) is 6.92 Å². The van der Waals surface area contributed by atoms with Gasteiger partial charge in [0.25, 0.3) is 0 Å². The van der Waals surface area contributed by atoms with Crippen LogP contribution in [-0.4, -0.2) is 24.4 Å². The van der Waals surface area contributed by atoms with Crippen molar-refractivity contribution in [2.45, 2.75) is 44.3 Å². The Balaban J connectivity index is 2.47. The summed E-state index contributed by atoms with van der Waals surface area (Å²) in [6.45, 7) is 8.82. The van der Waals surface area contributed by atoms with Gasteiger partial charge >= 0.3 is 5.97 Å². The Morgan fingerprint density at radius 1 is 1.29 bits per heavy atom. The van der Waals surface area contributed by atoms with Crippen molar-refractivity contribution in [1.82, 2.24) is 0 Å². The van der Waals surface area contributed by atoms with Gasteiger partial charge in [0.15, 0.2) is 0 Å². The molecule has 3 nitrogen and oxygen atoms in total. The van der Waals surface area contributed by atoms with Crippen molar-refractivity contribution >= 4 is 17.7 Å². The van der Waals surface area contributed by atoms with Crippen LogP contribution in [0.15, 0.2) is 40.8 Å². The Labute approximate surface area is 131 Å². The van der Waals surface area contributed by atoms with Crippen LogP contribution in [0.25, 0.3) is 0 Å². The molecule has 0 bridgehead atoms. The first-order valence-corrected chi connectivity index (χ1v) is 8.16. The van der Waals surface area contributed by atoms with E-state index in [2.05, 4.69) is 26.0 Å². The minimum atomic E-state index is -0.320. The lowest BCUT2D eigenvalue weighted by Crippen LogP contribution is -2.04. The maximum absolute atomic E-state index is 11.3. The Kier molecular flexibility index (Phi) is 7.98. The fraction of sp³-hybridized carbons (Fsp3) is 0.471. The molecule has 0 spiro atoms. The van der Waals surface area contributed by atoms with Crippen molar-refractivity contribution in [1.29, 1.82) is 0 Å². The average molecular weight is 308 g/mol. The van der Waals surface area contributed by atoms with Gasteiger partial charge in [0.05, 0.1) is 6.61 Å². The number of thioether (sulfide) groups is 1. The first-order chi connectivity index (χ1) is 10.0. The van der Waals surface area contributed by atoms with E-state index in [9.17, 15) is 4.79 Å². The van der Waals surface area contributed by atoms with Gasteiger partial charge in [-0.1, -0.05) is 13.8 Å². The summed E-state index contributed by atoms with van der Waals surface area (Å²) >= 11 is 1.86. The Morgan fingerprint density at radius 3 is 2.52 bits per heavy atom. The number of benzene rings is 1. The van der Waals surface area contributed by atoms with E-state index in [0.29, 0.717) is 18.5 Å². The van der Waals surface area contributed by atoms with Gasteiger partial charge in [-0.25, -0.2) is 4.79 Å². The number of esters is 1. The van der Waals surface area contributed by atoms with Gasteiger partial charge in [0.2, 0.25) is 0 Å². The topological polar surface area (TPSA) is 35.5 Å². The van der Waals surface area contributed by atoms with Crippen LogP contribution >= 0.6 is 11.8 Å². The highest BCUT2D eigenvalue weighted by Gasteiger charge is 2.03. The second-order valence-electron chi connectivity index (χ2n) is 4.84. The molecule has 1 rings (SSSR count). The zero-order chi connectivity index (χ0) is 15.7. The molecule has 21 heavy (non-hydrogen) atoms. The molecule has 1 atom stereocenters. The third-order valence-electron chi connectivity index (χ3n) is 2.85. The minimum Gasteiger partial charge on any atom is -0.489 e. The maximum atomic E-state index is 11.3. The molecule has 0 radical (unpaired) electrons. The van der Waals surface area contributed by atoms with Crippen LogP contribution < -0.4 is 4.74 Å². The van der Waals surface area contributed by atoms with E-state index in [4.69, 9.17) is 9.47 Å². The Bertz CT molecular complexity index is 465. The van der Waals surface area contributed by atoms with Crippen LogP contribution in [0, 0.1) is 0 Å². The van der Waals surface area contributed by atoms with Gasteiger partial charge in [-0.2, -0.15) is 0 Å². The zero-order valence-electron chi connectivity index (χ0n) is 13.2. The Morgan fingerprint density at radius 2 is 1.95 bits per heavy atom. The standard InChI is InChI=1S/C17H24O3S/c1-5-14(4)21-16-9-7-15(8-10-16)20-12-13(3)11-17(18)19-6-2/h7-11,14H,5-6,12H2,1-4H3. The maximum Gasteiger partial charge on any atom is 0.330 e. The third-order valence-corrected chi connectivity index (χ3v) is 4.13. The number of ether oxygens (including phenoxy) is 2. The lowest BCUT2D eigenvalue weighted by Gasteiger charge is -2.10. The average Bonchev–Trinajstić information content (AvgIpc) is 2.46. The van der Waals surface area contributed by atoms with Crippen LogP contribution in [0.2, 0.25) is 0 Å². The molecule has 0 aromatic heterocycles. The van der Waals surface area contributed by atoms with E-state index >= 15 is 0 Å². The molecular formula is C17H24O3S. The van der Waals surface area contributed by atoms with Crippen LogP contribution in [0.1, 0.15) is 34.1 Å². The molecule has 0 N–H and O–H groups in total. The molecule has 0 aliphatic heterocycles. The molecule has 0 heterocycles. The molecule has 0 amide bonds. The SMILES string of the molecule is CCOC(=O)C=C(C)COc1ccc(SC(C)CC)cc1. The van der Waals surface area contributed by atoms with E-state index in [1.165, 1.54) is 11.0 Å². The zero-order valence-corrected chi connectivity index (χ0v) is 14.0. The normalized spacial score (nSPS) is 12.9. The first-order valence-electron chi connectivity index (χ1n) is 7.28. The molecule has 116 valence electrons. The van der Waals surface area contributed by atoms with Crippen LogP contribution in [0.5, 0.6) is 5.75 Å². The summed E-state index contributed by atoms with van der Waals surface area (Å²) in [7, 11) is 0. The monoisotopic (exact) mass is 308 g/mol. The molecule has 1 aromatic rings. The van der Waals surface area contributed by atoms with Gasteiger partial charge in [-0.3, -0.25) is 0 Å². The van der Waals surface area contributed by atoms with E-state index in [0.717, 1.165) is 17.7 Å². The van der Waals surface area contributed by atoms with Crippen LogP contribution in [0.4, 0.5) is 0 Å². The number of hydrogen-bond donors (Lipinski definition) is 0. The molecule has 0 aliphatic carbocycles. The fourth-order valence-electron chi connectivity index (χ4n) is 1.55. The quantitative estimate of drug-likeness (QED) is 0.403. The summed E-state index contributed by atoms with van der Waals surface area (Å²) in [5.41, 5.74) is 0.839. The summed E-state index contributed by atoms with van der Waals surface area (Å²) in [6, 6.07) is 8.05. The summed E-state index contributed by atoms with van der Waals surface area (Å²) < 4.78 is 10.5. The fourth-order valence-corrected chi connectivity index (χ4v) is 2.48. The predicted molar refractivity (Wildman–Crippen MR) is 87.9 cm³/mol. The summed E-state index contributed by atoms with van der Waals surface area (Å²) in [6.07, 6.45) is 2.62.